The lowest BCUT2D eigenvalue weighted by Gasteiger charge is -2.21. The minimum Gasteiger partial charge on any atom is -0.386 e. The van der Waals surface area contributed by atoms with Crippen LogP contribution < -0.4 is 5.32 Å². The SMILES string of the molecule is OC1(CNCC(F)(F)F)CCOC1. The van der Waals surface area contributed by atoms with Gasteiger partial charge in [0.2, 0.25) is 0 Å². The third kappa shape index (κ3) is 3.93. The van der Waals surface area contributed by atoms with Crippen LogP contribution in [0.5, 0.6) is 0 Å². The zero-order chi connectivity index (χ0) is 9.95. The van der Waals surface area contributed by atoms with E-state index in [1.165, 1.54) is 0 Å². The summed E-state index contributed by atoms with van der Waals surface area (Å²) in [6.45, 7) is -0.635. The van der Waals surface area contributed by atoms with Crippen LogP contribution in [0.15, 0.2) is 0 Å². The molecule has 3 nitrogen and oxygen atoms in total. The maximum atomic E-state index is 11.7. The van der Waals surface area contributed by atoms with E-state index < -0.39 is 18.3 Å². The van der Waals surface area contributed by atoms with Crippen molar-refractivity contribution in [1.82, 2.24) is 5.32 Å². The van der Waals surface area contributed by atoms with Crippen molar-refractivity contribution in [2.45, 2.75) is 18.2 Å². The molecule has 13 heavy (non-hydrogen) atoms. The van der Waals surface area contributed by atoms with Gasteiger partial charge in [0, 0.05) is 19.6 Å². The summed E-state index contributed by atoms with van der Waals surface area (Å²) in [6, 6.07) is 0. The van der Waals surface area contributed by atoms with Crippen LogP contribution in [0.25, 0.3) is 0 Å². The molecule has 1 rings (SSSR count). The molecular weight excluding hydrogens is 187 g/mol. The first-order valence-corrected chi connectivity index (χ1v) is 3.99. The minimum absolute atomic E-state index is 0.0769. The Bertz CT molecular complexity index is 166. The van der Waals surface area contributed by atoms with Crippen molar-refractivity contribution < 1.29 is 23.0 Å². The molecule has 0 saturated carbocycles. The normalized spacial score (nSPS) is 29.5. The maximum absolute atomic E-state index is 11.7. The number of halogens is 3. The Hall–Kier alpha value is -0.330. The van der Waals surface area contributed by atoms with Gasteiger partial charge in [-0.2, -0.15) is 13.2 Å². The van der Waals surface area contributed by atoms with Crippen LogP contribution in [-0.2, 0) is 4.74 Å². The van der Waals surface area contributed by atoms with Gasteiger partial charge in [0.15, 0.2) is 0 Å². The van der Waals surface area contributed by atoms with Gasteiger partial charge >= 0.3 is 6.18 Å². The second kappa shape index (κ2) is 3.81. The highest BCUT2D eigenvalue weighted by Gasteiger charge is 2.34. The predicted octanol–water partition coefficient (Wildman–Crippen LogP) is 0.290. The molecule has 78 valence electrons. The largest absolute Gasteiger partial charge is 0.401 e. The fourth-order valence-corrected chi connectivity index (χ4v) is 1.17. The molecule has 1 saturated heterocycles. The number of hydrogen-bond acceptors (Lipinski definition) is 3. The number of aliphatic hydroxyl groups is 1. The van der Waals surface area contributed by atoms with E-state index in [4.69, 9.17) is 4.74 Å². The number of ether oxygens (including phenoxy) is 1. The monoisotopic (exact) mass is 199 g/mol. The minimum atomic E-state index is -4.23. The molecule has 0 aromatic carbocycles. The number of alkyl halides is 3. The zero-order valence-electron chi connectivity index (χ0n) is 7.02. The molecule has 1 atom stereocenters. The Morgan fingerprint density at radius 1 is 1.46 bits per heavy atom. The van der Waals surface area contributed by atoms with Crippen molar-refractivity contribution in [3.05, 3.63) is 0 Å². The van der Waals surface area contributed by atoms with Gasteiger partial charge in [0.1, 0.15) is 5.60 Å². The van der Waals surface area contributed by atoms with E-state index in [2.05, 4.69) is 5.32 Å². The lowest BCUT2D eigenvalue weighted by Crippen LogP contribution is -2.44. The molecule has 0 bridgehead atoms. The molecule has 0 aromatic rings. The van der Waals surface area contributed by atoms with Crippen LogP contribution >= 0.6 is 0 Å². The van der Waals surface area contributed by atoms with Crippen LogP contribution in [0.3, 0.4) is 0 Å². The van der Waals surface area contributed by atoms with Crippen molar-refractivity contribution in [1.29, 1.82) is 0 Å². The molecule has 0 radical (unpaired) electrons. The van der Waals surface area contributed by atoms with Crippen LogP contribution in [0, 0.1) is 0 Å². The molecule has 0 aromatic heterocycles. The highest BCUT2D eigenvalue weighted by molar-refractivity contribution is 4.85. The van der Waals surface area contributed by atoms with Crippen molar-refractivity contribution in [3.8, 4) is 0 Å². The van der Waals surface area contributed by atoms with Gasteiger partial charge < -0.3 is 15.2 Å². The van der Waals surface area contributed by atoms with E-state index in [1.807, 2.05) is 0 Å². The second-order valence-electron chi connectivity index (χ2n) is 3.25. The number of nitrogens with one attached hydrogen (secondary N) is 1. The van der Waals surface area contributed by atoms with Gasteiger partial charge in [0.05, 0.1) is 13.2 Å². The Balaban J connectivity index is 2.18. The lowest BCUT2D eigenvalue weighted by atomic mass is 10.0. The molecule has 1 unspecified atom stereocenters. The number of hydrogen-bond donors (Lipinski definition) is 2. The molecule has 6 heteroatoms. The third-order valence-electron chi connectivity index (χ3n) is 1.86. The molecule has 0 spiro atoms. The summed E-state index contributed by atoms with van der Waals surface area (Å²) in [4.78, 5) is 0. The summed E-state index contributed by atoms with van der Waals surface area (Å²) in [5, 5.41) is 11.7. The van der Waals surface area contributed by atoms with Crippen LogP contribution in [0.4, 0.5) is 13.2 Å². The van der Waals surface area contributed by atoms with Crippen LogP contribution in [0.2, 0.25) is 0 Å². The summed E-state index contributed by atoms with van der Waals surface area (Å²) in [6.07, 6.45) is -3.84. The van der Waals surface area contributed by atoms with Gasteiger partial charge in [-0.3, -0.25) is 0 Å². The van der Waals surface area contributed by atoms with Gasteiger partial charge in [0.25, 0.3) is 0 Å². The first kappa shape index (κ1) is 10.7. The summed E-state index contributed by atoms with van der Waals surface area (Å²) < 4.78 is 39.9. The second-order valence-corrected chi connectivity index (χ2v) is 3.25. The predicted molar refractivity (Wildman–Crippen MR) is 39.3 cm³/mol. The summed E-state index contributed by atoms with van der Waals surface area (Å²) in [5.41, 5.74) is -1.12. The van der Waals surface area contributed by atoms with E-state index in [1.54, 1.807) is 0 Å². The Labute approximate surface area is 73.9 Å². The van der Waals surface area contributed by atoms with Crippen LogP contribution in [-0.4, -0.2) is 43.2 Å². The molecule has 1 fully saturated rings. The summed E-state index contributed by atoms with van der Waals surface area (Å²) in [5.74, 6) is 0. The van der Waals surface area contributed by atoms with Crippen molar-refractivity contribution in [3.63, 3.8) is 0 Å². The molecule has 0 amide bonds. The van der Waals surface area contributed by atoms with Crippen molar-refractivity contribution in [2.24, 2.45) is 0 Å². The van der Waals surface area contributed by atoms with E-state index in [-0.39, 0.29) is 13.2 Å². The maximum Gasteiger partial charge on any atom is 0.401 e. The van der Waals surface area contributed by atoms with Crippen molar-refractivity contribution in [2.75, 3.05) is 26.3 Å². The molecule has 1 aliphatic heterocycles. The van der Waals surface area contributed by atoms with E-state index in [0.29, 0.717) is 13.0 Å². The topological polar surface area (TPSA) is 41.5 Å². The fraction of sp³-hybridized carbons (Fsp3) is 1.00. The summed E-state index contributed by atoms with van der Waals surface area (Å²) in [7, 11) is 0. The zero-order valence-corrected chi connectivity index (χ0v) is 7.02. The first-order valence-electron chi connectivity index (χ1n) is 3.99. The molecule has 0 aliphatic carbocycles. The van der Waals surface area contributed by atoms with E-state index in [9.17, 15) is 18.3 Å². The Morgan fingerprint density at radius 3 is 2.62 bits per heavy atom. The standard InChI is InChI=1S/C7H12F3NO2/c8-7(9,10)4-11-3-6(12)1-2-13-5-6/h11-12H,1-5H2. The Morgan fingerprint density at radius 2 is 2.15 bits per heavy atom. The van der Waals surface area contributed by atoms with Crippen molar-refractivity contribution >= 4 is 0 Å². The number of rotatable bonds is 3. The summed E-state index contributed by atoms with van der Waals surface area (Å²) >= 11 is 0. The third-order valence-corrected chi connectivity index (χ3v) is 1.86. The fourth-order valence-electron chi connectivity index (χ4n) is 1.17. The molecular formula is C7H12F3NO2. The van der Waals surface area contributed by atoms with E-state index in [0.717, 1.165) is 0 Å². The molecule has 1 heterocycles. The van der Waals surface area contributed by atoms with Crippen LogP contribution in [0.1, 0.15) is 6.42 Å². The van der Waals surface area contributed by atoms with Gasteiger partial charge in [-0.1, -0.05) is 0 Å². The van der Waals surface area contributed by atoms with Gasteiger partial charge in [-0.05, 0) is 0 Å². The van der Waals surface area contributed by atoms with E-state index >= 15 is 0 Å². The quantitative estimate of drug-likeness (QED) is 0.686. The smallest absolute Gasteiger partial charge is 0.386 e. The van der Waals surface area contributed by atoms with Gasteiger partial charge in [-0.25, -0.2) is 0 Å². The highest BCUT2D eigenvalue weighted by atomic mass is 19.4. The molecule has 2 N–H and O–H groups in total. The van der Waals surface area contributed by atoms with Gasteiger partial charge in [-0.15, -0.1) is 0 Å². The highest BCUT2D eigenvalue weighted by Crippen LogP contribution is 2.18. The average molecular weight is 199 g/mol. The molecule has 1 aliphatic rings. The average Bonchev–Trinajstić information content (AvgIpc) is 2.33. The Kier molecular flexibility index (Phi) is 3.15. The lowest BCUT2D eigenvalue weighted by molar-refractivity contribution is -0.126. The first-order chi connectivity index (χ1) is 5.91.